The van der Waals surface area contributed by atoms with Crippen molar-refractivity contribution in [3.05, 3.63) is 64.0 Å². The van der Waals surface area contributed by atoms with E-state index < -0.39 is 17.0 Å². The standard InChI is InChI=1S/C19H17N3O7/c1-11(28-19(23)15-9-8-14(26-2)10-16(15)27-3)17-20-21-18(29-17)12-4-6-13(7-5-12)22(24)25/h4-11H,1-3H3/t11-/m1/s1. The monoisotopic (exact) mass is 399 g/mol. The molecule has 0 aliphatic rings. The molecule has 0 aliphatic heterocycles. The summed E-state index contributed by atoms with van der Waals surface area (Å²) in [6.45, 7) is 1.58. The number of hydrogen-bond donors (Lipinski definition) is 0. The molecule has 10 nitrogen and oxygen atoms in total. The molecule has 0 saturated heterocycles. The third kappa shape index (κ3) is 4.32. The van der Waals surface area contributed by atoms with Crippen molar-refractivity contribution in [1.82, 2.24) is 10.2 Å². The molecule has 0 amide bonds. The number of carbonyl (C=O) groups excluding carboxylic acids is 1. The first-order chi connectivity index (χ1) is 13.9. The number of hydrogen-bond acceptors (Lipinski definition) is 9. The predicted octanol–water partition coefficient (Wildman–Crippen LogP) is 3.58. The molecule has 10 heteroatoms. The van der Waals surface area contributed by atoms with E-state index >= 15 is 0 Å². The Morgan fingerprint density at radius 3 is 2.45 bits per heavy atom. The average molecular weight is 399 g/mol. The number of methoxy groups -OCH3 is 2. The first-order valence-electron chi connectivity index (χ1n) is 8.44. The summed E-state index contributed by atoms with van der Waals surface area (Å²) in [7, 11) is 2.94. The fourth-order valence-electron chi connectivity index (χ4n) is 2.48. The lowest BCUT2D eigenvalue weighted by molar-refractivity contribution is -0.384. The van der Waals surface area contributed by atoms with Gasteiger partial charge in [-0.05, 0) is 31.2 Å². The van der Waals surface area contributed by atoms with Gasteiger partial charge in [0.1, 0.15) is 17.1 Å². The third-order valence-corrected chi connectivity index (χ3v) is 4.03. The van der Waals surface area contributed by atoms with Crippen LogP contribution in [0.5, 0.6) is 11.5 Å². The molecule has 0 saturated carbocycles. The highest BCUT2D eigenvalue weighted by Gasteiger charge is 2.22. The van der Waals surface area contributed by atoms with Crippen molar-refractivity contribution in [3.8, 4) is 23.0 Å². The van der Waals surface area contributed by atoms with Crippen molar-refractivity contribution in [2.24, 2.45) is 0 Å². The molecule has 29 heavy (non-hydrogen) atoms. The molecule has 0 radical (unpaired) electrons. The van der Waals surface area contributed by atoms with Crippen molar-refractivity contribution in [1.29, 1.82) is 0 Å². The van der Waals surface area contributed by atoms with Crippen molar-refractivity contribution in [2.45, 2.75) is 13.0 Å². The molecule has 0 fully saturated rings. The van der Waals surface area contributed by atoms with Gasteiger partial charge in [-0.3, -0.25) is 10.1 Å². The van der Waals surface area contributed by atoms with Crippen LogP contribution in [0.3, 0.4) is 0 Å². The van der Waals surface area contributed by atoms with Crippen LogP contribution in [-0.2, 0) is 4.74 Å². The highest BCUT2D eigenvalue weighted by Crippen LogP contribution is 2.28. The zero-order valence-corrected chi connectivity index (χ0v) is 15.8. The largest absolute Gasteiger partial charge is 0.497 e. The van der Waals surface area contributed by atoms with E-state index in [0.29, 0.717) is 17.1 Å². The number of esters is 1. The Morgan fingerprint density at radius 2 is 1.83 bits per heavy atom. The SMILES string of the molecule is COc1ccc(C(=O)O[C@H](C)c2nnc(-c3ccc([N+](=O)[O-])cc3)o2)c(OC)c1. The smallest absolute Gasteiger partial charge is 0.342 e. The van der Waals surface area contributed by atoms with Crippen LogP contribution in [-0.4, -0.2) is 35.3 Å². The van der Waals surface area contributed by atoms with Crippen LogP contribution in [0.25, 0.3) is 11.5 Å². The molecular weight excluding hydrogens is 382 g/mol. The maximum Gasteiger partial charge on any atom is 0.342 e. The molecule has 0 N–H and O–H groups in total. The zero-order valence-electron chi connectivity index (χ0n) is 15.8. The van der Waals surface area contributed by atoms with E-state index in [0.717, 1.165) is 0 Å². The predicted molar refractivity (Wildman–Crippen MR) is 99.8 cm³/mol. The highest BCUT2D eigenvalue weighted by atomic mass is 16.6. The van der Waals surface area contributed by atoms with Gasteiger partial charge in [-0.2, -0.15) is 0 Å². The van der Waals surface area contributed by atoms with Crippen molar-refractivity contribution < 1.29 is 28.3 Å². The van der Waals surface area contributed by atoms with Gasteiger partial charge < -0.3 is 18.6 Å². The third-order valence-electron chi connectivity index (χ3n) is 4.03. The van der Waals surface area contributed by atoms with E-state index in [1.807, 2.05) is 0 Å². The van der Waals surface area contributed by atoms with E-state index in [1.54, 1.807) is 19.1 Å². The zero-order chi connectivity index (χ0) is 21.0. The number of carbonyl (C=O) groups is 1. The van der Waals surface area contributed by atoms with Gasteiger partial charge in [0, 0.05) is 23.8 Å². The van der Waals surface area contributed by atoms with E-state index in [9.17, 15) is 14.9 Å². The molecule has 1 atom stereocenters. The molecule has 1 heterocycles. The summed E-state index contributed by atoms with van der Waals surface area (Å²) in [6.07, 6.45) is -0.825. The first kappa shape index (κ1) is 19.8. The number of aromatic nitrogens is 2. The number of nitro groups is 1. The molecule has 150 valence electrons. The second kappa shape index (κ2) is 8.38. The lowest BCUT2D eigenvalue weighted by Gasteiger charge is -2.12. The first-order valence-corrected chi connectivity index (χ1v) is 8.44. The van der Waals surface area contributed by atoms with Crippen LogP contribution in [0, 0.1) is 10.1 Å². The fraction of sp³-hybridized carbons (Fsp3) is 0.211. The van der Waals surface area contributed by atoms with E-state index in [2.05, 4.69) is 10.2 Å². The summed E-state index contributed by atoms with van der Waals surface area (Å²) < 4.78 is 21.2. The molecule has 3 aromatic rings. The van der Waals surface area contributed by atoms with Crippen LogP contribution < -0.4 is 9.47 Å². The van der Waals surface area contributed by atoms with Crippen LogP contribution >= 0.6 is 0 Å². The average Bonchev–Trinajstić information content (AvgIpc) is 3.23. The van der Waals surface area contributed by atoms with Crippen molar-refractivity contribution >= 4 is 11.7 Å². The van der Waals surface area contributed by atoms with Crippen LogP contribution in [0.2, 0.25) is 0 Å². The van der Waals surface area contributed by atoms with Crippen LogP contribution in [0.1, 0.15) is 29.3 Å². The maximum absolute atomic E-state index is 12.5. The molecule has 0 bridgehead atoms. The Balaban J connectivity index is 1.74. The Hall–Kier alpha value is -3.95. The molecule has 2 aromatic carbocycles. The number of nitro benzene ring substituents is 1. The topological polar surface area (TPSA) is 127 Å². The molecule has 0 spiro atoms. The van der Waals surface area contributed by atoms with Gasteiger partial charge >= 0.3 is 5.97 Å². The van der Waals surface area contributed by atoms with Crippen LogP contribution in [0.4, 0.5) is 5.69 Å². The highest BCUT2D eigenvalue weighted by molar-refractivity contribution is 5.92. The number of ether oxygens (including phenoxy) is 3. The second-order valence-corrected chi connectivity index (χ2v) is 5.86. The summed E-state index contributed by atoms with van der Waals surface area (Å²) >= 11 is 0. The molecule has 0 aliphatic carbocycles. The Labute approximate surface area is 165 Å². The van der Waals surface area contributed by atoms with Gasteiger partial charge in [0.2, 0.25) is 5.89 Å². The lowest BCUT2D eigenvalue weighted by Crippen LogP contribution is -2.11. The van der Waals surface area contributed by atoms with Gasteiger partial charge in [-0.15, -0.1) is 10.2 Å². The summed E-state index contributed by atoms with van der Waals surface area (Å²) in [4.78, 5) is 22.7. The molecule has 1 aromatic heterocycles. The van der Waals surface area contributed by atoms with Gasteiger partial charge in [-0.25, -0.2) is 4.79 Å². The van der Waals surface area contributed by atoms with Gasteiger partial charge in [-0.1, -0.05) is 0 Å². The van der Waals surface area contributed by atoms with Crippen molar-refractivity contribution in [3.63, 3.8) is 0 Å². The lowest BCUT2D eigenvalue weighted by atomic mass is 10.2. The van der Waals surface area contributed by atoms with Crippen molar-refractivity contribution in [2.75, 3.05) is 14.2 Å². The maximum atomic E-state index is 12.5. The molecular formula is C19H17N3O7. The number of non-ortho nitro benzene ring substituents is 1. The quantitative estimate of drug-likeness (QED) is 0.333. The molecule has 0 unspecified atom stereocenters. The minimum Gasteiger partial charge on any atom is -0.497 e. The number of benzene rings is 2. The summed E-state index contributed by atoms with van der Waals surface area (Å²) in [6, 6.07) is 10.4. The second-order valence-electron chi connectivity index (χ2n) is 5.86. The Kier molecular flexibility index (Phi) is 5.72. The van der Waals surface area contributed by atoms with E-state index in [1.165, 1.54) is 44.6 Å². The van der Waals surface area contributed by atoms with Gasteiger partial charge in [0.25, 0.3) is 11.6 Å². The van der Waals surface area contributed by atoms with E-state index in [-0.39, 0.29) is 23.0 Å². The van der Waals surface area contributed by atoms with Gasteiger partial charge in [0.05, 0.1) is 19.1 Å². The van der Waals surface area contributed by atoms with E-state index in [4.69, 9.17) is 18.6 Å². The summed E-state index contributed by atoms with van der Waals surface area (Å²) in [5, 5.41) is 18.5. The number of nitrogens with zero attached hydrogens (tertiary/aromatic N) is 3. The normalized spacial score (nSPS) is 11.6. The molecule has 3 rings (SSSR count). The summed E-state index contributed by atoms with van der Waals surface area (Å²) in [5.74, 6) is 0.445. The minimum atomic E-state index is -0.825. The number of rotatable bonds is 7. The minimum absolute atomic E-state index is 0.0516. The Bertz CT molecular complexity index is 1030. The Morgan fingerprint density at radius 1 is 1.10 bits per heavy atom. The summed E-state index contributed by atoms with van der Waals surface area (Å²) in [5.41, 5.74) is 0.671. The van der Waals surface area contributed by atoms with Crippen LogP contribution in [0.15, 0.2) is 46.9 Å². The van der Waals surface area contributed by atoms with Gasteiger partial charge in [0.15, 0.2) is 6.10 Å². The fourth-order valence-corrected chi connectivity index (χ4v) is 2.48.